The van der Waals surface area contributed by atoms with Crippen molar-refractivity contribution in [3.05, 3.63) is 29.8 Å². The molecule has 1 aromatic rings. The molecule has 1 fully saturated rings. The van der Waals surface area contributed by atoms with Crippen molar-refractivity contribution in [2.75, 3.05) is 20.3 Å². The van der Waals surface area contributed by atoms with Crippen LogP contribution >= 0.6 is 0 Å². The van der Waals surface area contributed by atoms with E-state index in [9.17, 15) is 0 Å². The molecule has 16 heavy (non-hydrogen) atoms. The molecule has 0 spiro atoms. The number of ether oxygens (including phenoxy) is 2. The van der Waals surface area contributed by atoms with Gasteiger partial charge in [0.15, 0.2) is 0 Å². The Morgan fingerprint density at radius 2 is 2.06 bits per heavy atom. The summed E-state index contributed by atoms with van der Waals surface area (Å²) in [5.74, 6) is 0.914. The Kier molecular flexibility index (Phi) is 3.80. The van der Waals surface area contributed by atoms with Crippen molar-refractivity contribution in [3.8, 4) is 5.75 Å². The predicted octanol–water partition coefficient (Wildman–Crippen LogP) is 1.61. The lowest BCUT2D eigenvalue weighted by atomic mass is 10.1. The summed E-state index contributed by atoms with van der Waals surface area (Å²) in [4.78, 5) is 0. The molecular weight excluding hydrogens is 202 g/mol. The van der Waals surface area contributed by atoms with Gasteiger partial charge in [0, 0.05) is 6.04 Å². The van der Waals surface area contributed by atoms with E-state index in [0.29, 0.717) is 12.1 Å². The first kappa shape index (κ1) is 11.4. The Labute approximate surface area is 96.8 Å². The lowest BCUT2D eigenvalue weighted by Gasteiger charge is -2.30. The second-order valence-electron chi connectivity index (χ2n) is 4.35. The van der Waals surface area contributed by atoms with Crippen LogP contribution < -0.4 is 10.1 Å². The summed E-state index contributed by atoms with van der Waals surface area (Å²) in [5, 5.41) is 3.54. The van der Waals surface area contributed by atoms with Crippen LogP contribution in [-0.2, 0) is 11.2 Å². The van der Waals surface area contributed by atoms with Crippen LogP contribution in [0.1, 0.15) is 12.5 Å². The van der Waals surface area contributed by atoms with E-state index in [-0.39, 0.29) is 0 Å². The number of nitrogens with one attached hydrogen (secondary N) is 1. The lowest BCUT2D eigenvalue weighted by Crippen LogP contribution is -2.50. The van der Waals surface area contributed by atoms with Gasteiger partial charge in [-0.1, -0.05) is 12.1 Å². The van der Waals surface area contributed by atoms with Crippen molar-refractivity contribution < 1.29 is 9.47 Å². The first-order chi connectivity index (χ1) is 7.78. The minimum Gasteiger partial charge on any atom is -0.497 e. The summed E-state index contributed by atoms with van der Waals surface area (Å²) in [6, 6.07) is 9.29. The van der Waals surface area contributed by atoms with Crippen LogP contribution in [0.3, 0.4) is 0 Å². The molecule has 0 saturated carbocycles. The number of hydrogen-bond donors (Lipinski definition) is 1. The largest absolute Gasteiger partial charge is 0.497 e. The summed E-state index contributed by atoms with van der Waals surface area (Å²) in [6.45, 7) is 3.92. The van der Waals surface area contributed by atoms with Crippen LogP contribution in [0.25, 0.3) is 0 Å². The second kappa shape index (κ2) is 5.32. The number of benzene rings is 1. The van der Waals surface area contributed by atoms with Gasteiger partial charge in [0.2, 0.25) is 0 Å². The third-order valence-electron chi connectivity index (χ3n) is 2.86. The molecule has 0 amide bonds. The van der Waals surface area contributed by atoms with Crippen molar-refractivity contribution >= 4 is 0 Å². The van der Waals surface area contributed by atoms with E-state index in [4.69, 9.17) is 9.47 Å². The highest BCUT2D eigenvalue weighted by atomic mass is 16.5. The van der Waals surface area contributed by atoms with Crippen LogP contribution in [0.5, 0.6) is 5.75 Å². The first-order valence-corrected chi connectivity index (χ1v) is 5.74. The molecule has 0 aliphatic carbocycles. The summed E-state index contributed by atoms with van der Waals surface area (Å²) in [6.07, 6.45) is 1.04. The van der Waals surface area contributed by atoms with E-state index in [2.05, 4.69) is 24.4 Å². The van der Waals surface area contributed by atoms with E-state index in [1.807, 2.05) is 12.1 Å². The quantitative estimate of drug-likeness (QED) is 0.819. The van der Waals surface area contributed by atoms with E-state index in [0.717, 1.165) is 25.4 Å². The van der Waals surface area contributed by atoms with E-state index in [1.165, 1.54) is 5.56 Å². The standard InChI is InChI=1S/C13H19NO2/c1-10(14-12-8-16-9-12)7-11-3-5-13(15-2)6-4-11/h3-6,10,12,14H,7-9H2,1-2H3. The molecule has 0 bridgehead atoms. The smallest absolute Gasteiger partial charge is 0.118 e. The fourth-order valence-corrected chi connectivity index (χ4v) is 1.91. The van der Waals surface area contributed by atoms with Gasteiger partial charge in [-0.2, -0.15) is 0 Å². The highest BCUT2D eigenvalue weighted by molar-refractivity contribution is 5.27. The first-order valence-electron chi connectivity index (χ1n) is 5.74. The SMILES string of the molecule is COc1ccc(CC(C)NC2COC2)cc1. The van der Waals surface area contributed by atoms with Crippen molar-refractivity contribution in [3.63, 3.8) is 0 Å². The maximum Gasteiger partial charge on any atom is 0.118 e. The monoisotopic (exact) mass is 221 g/mol. The molecule has 0 aromatic heterocycles. The molecule has 1 N–H and O–H groups in total. The maximum atomic E-state index is 5.14. The molecule has 1 heterocycles. The van der Waals surface area contributed by atoms with E-state index in [1.54, 1.807) is 7.11 Å². The van der Waals surface area contributed by atoms with Crippen molar-refractivity contribution in [2.45, 2.75) is 25.4 Å². The van der Waals surface area contributed by atoms with Crippen LogP contribution in [0.2, 0.25) is 0 Å². The zero-order chi connectivity index (χ0) is 11.4. The van der Waals surface area contributed by atoms with E-state index < -0.39 is 0 Å². The van der Waals surface area contributed by atoms with Gasteiger partial charge in [-0.15, -0.1) is 0 Å². The summed E-state index contributed by atoms with van der Waals surface area (Å²) in [5.41, 5.74) is 1.33. The highest BCUT2D eigenvalue weighted by Crippen LogP contribution is 2.13. The predicted molar refractivity (Wildman–Crippen MR) is 63.9 cm³/mol. The molecule has 3 heteroatoms. The van der Waals surface area contributed by atoms with Crippen molar-refractivity contribution in [2.24, 2.45) is 0 Å². The Hall–Kier alpha value is -1.06. The maximum absolute atomic E-state index is 5.14. The lowest BCUT2D eigenvalue weighted by molar-refractivity contribution is -0.00908. The molecular formula is C13H19NO2. The fraction of sp³-hybridized carbons (Fsp3) is 0.538. The minimum absolute atomic E-state index is 0.488. The Morgan fingerprint density at radius 1 is 1.38 bits per heavy atom. The summed E-state index contributed by atoms with van der Waals surface area (Å²) < 4.78 is 10.3. The van der Waals surface area contributed by atoms with Gasteiger partial charge in [0.1, 0.15) is 5.75 Å². The Morgan fingerprint density at radius 3 is 2.56 bits per heavy atom. The van der Waals surface area contributed by atoms with E-state index >= 15 is 0 Å². The van der Waals surface area contributed by atoms with Crippen molar-refractivity contribution in [1.29, 1.82) is 0 Å². The average Bonchev–Trinajstić information content (AvgIpc) is 2.25. The zero-order valence-corrected chi connectivity index (χ0v) is 9.90. The molecule has 2 rings (SSSR count). The second-order valence-corrected chi connectivity index (χ2v) is 4.35. The number of rotatable bonds is 5. The molecule has 1 atom stereocenters. The normalized spacial score (nSPS) is 17.9. The van der Waals surface area contributed by atoms with Gasteiger partial charge < -0.3 is 14.8 Å². The van der Waals surface area contributed by atoms with Crippen LogP contribution in [-0.4, -0.2) is 32.4 Å². The zero-order valence-electron chi connectivity index (χ0n) is 9.90. The minimum atomic E-state index is 0.488. The molecule has 1 aromatic carbocycles. The topological polar surface area (TPSA) is 30.5 Å². The highest BCUT2D eigenvalue weighted by Gasteiger charge is 2.19. The van der Waals surface area contributed by atoms with Crippen molar-refractivity contribution in [1.82, 2.24) is 5.32 Å². The summed E-state index contributed by atoms with van der Waals surface area (Å²) in [7, 11) is 1.69. The Bertz CT molecular complexity index is 319. The van der Waals surface area contributed by atoms with Crippen LogP contribution in [0, 0.1) is 0 Å². The molecule has 1 unspecified atom stereocenters. The number of hydrogen-bond acceptors (Lipinski definition) is 3. The average molecular weight is 221 g/mol. The molecule has 1 aliphatic rings. The third-order valence-corrected chi connectivity index (χ3v) is 2.86. The van der Waals surface area contributed by atoms with Gasteiger partial charge in [0.25, 0.3) is 0 Å². The third kappa shape index (κ3) is 2.97. The van der Waals surface area contributed by atoms with Gasteiger partial charge in [-0.25, -0.2) is 0 Å². The molecule has 3 nitrogen and oxygen atoms in total. The van der Waals surface area contributed by atoms with Gasteiger partial charge >= 0.3 is 0 Å². The molecule has 88 valence electrons. The molecule has 1 saturated heterocycles. The molecule has 0 radical (unpaired) electrons. The number of methoxy groups -OCH3 is 1. The van der Waals surface area contributed by atoms with Gasteiger partial charge in [-0.3, -0.25) is 0 Å². The Balaban J connectivity index is 1.82. The van der Waals surface area contributed by atoms with Gasteiger partial charge in [-0.05, 0) is 31.0 Å². The van der Waals surface area contributed by atoms with Crippen LogP contribution in [0.4, 0.5) is 0 Å². The fourth-order valence-electron chi connectivity index (χ4n) is 1.91. The molecule has 1 aliphatic heterocycles. The van der Waals surface area contributed by atoms with Crippen LogP contribution in [0.15, 0.2) is 24.3 Å². The van der Waals surface area contributed by atoms with Gasteiger partial charge in [0.05, 0.1) is 26.4 Å². The summed E-state index contributed by atoms with van der Waals surface area (Å²) >= 11 is 0.